The molecule has 0 fully saturated rings. The minimum Gasteiger partial charge on any atom is -0.318 e. The van der Waals surface area contributed by atoms with Crippen molar-refractivity contribution in [3.05, 3.63) is 41.5 Å². The highest BCUT2D eigenvalue weighted by atomic mass is 35.6. The number of hydrogen-bond acceptors (Lipinski definition) is 6. The van der Waals surface area contributed by atoms with E-state index in [0.717, 1.165) is 0 Å². The van der Waals surface area contributed by atoms with Gasteiger partial charge in [-0.3, -0.25) is 0 Å². The van der Waals surface area contributed by atoms with Gasteiger partial charge < -0.3 is 4.84 Å². The van der Waals surface area contributed by atoms with Gasteiger partial charge in [-0.25, -0.2) is 19.7 Å². The number of hydrogen-bond donors (Lipinski definition) is 0. The minimum absolute atomic E-state index is 0.147. The lowest BCUT2D eigenvalue weighted by atomic mass is 10.1. The van der Waals surface area contributed by atoms with Crippen molar-refractivity contribution in [3.63, 3.8) is 0 Å². The van der Waals surface area contributed by atoms with E-state index in [4.69, 9.17) is 69.6 Å². The lowest BCUT2D eigenvalue weighted by Gasteiger charge is -2.15. The molecule has 0 amide bonds. The molecule has 0 aliphatic carbocycles. The smallest absolute Gasteiger partial charge is 0.318 e. The fourth-order valence-corrected chi connectivity index (χ4v) is 2.31. The van der Waals surface area contributed by atoms with Crippen molar-refractivity contribution < 1.29 is 9.63 Å². The van der Waals surface area contributed by atoms with Crippen LogP contribution in [0.25, 0.3) is 11.4 Å². The van der Waals surface area contributed by atoms with Crippen molar-refractivity contribution >= 4 is 81.3 Å². The van der Waals surface area contributed by atoms with Crippen molar-refractivity contribution in [1.82, 2.24) is 15.0 Å². The number of alkyl halides is 6. The molecule has 0 aliphatic rings. The van der Waals surface area contributed by atoms with E-state index in [2.05, 4.69) is 24.9 Å². The second kappa shape index (κ2) is 8.64. The number of carbonyl (C=O) groups is 1. The Kier molecular flexibility index (Phi) is 7.17. The molecule has 1 heterocycles. The van der Waals surface area contributed by atoms with Crippen LogP contribution in [0.5, 0.6) is 0 Å². The second-order valence-corrected chi connectivity index (χ2v) is 9.70. The normalized spacial score (nSPS) is 12.8. The van der Waals surface area contributed by atoms with E-state index < -0.39 is 13.6 Å². The van der Waals surface area contributed by atoms with Crippen molar-refractivity contribution in [3.8, 4) is 11.4 Å². The van der Waals surface area contributed by atoms with Gasteiger partial charge in [0.25, 0.3) is 0 Å². The highest BCUT2D eigenvalue weighted by molar-refractivity contribution is 6.67. The molecule has 0 aliphatic heterocycles. The monoisotopic (exact) mass is 488 g/mol. The van der Waals surface area contributed by atoms with Crippen LogP contribution in [-0.2, 0) is 17.2 Å². The molecule has 144 valence electrons. The SMILES string of the molecule is CC(=O)O/N=C(/C)c1ccc(-c2nc(C(Cl)(Cl)Cl)nc(C(Cl)(Cl)Cl)n2)cc1. The van der Waals surface area contributed by atoms with Crippen LogP contribution in [-0.4, -0.2) is 26.6 Å². The Labute approximate surface area is 184 Å². The lowest BCUT2D eigenvalue weighted by molar-refractivity contribution is -0.140. The maximum absolute atomic E-state index is 10.8. The Morgan fingerprint density at radius 3 is 1.78 bits per heavy atom. The van der Waals surface area contributed by atoms with Crippen LogP contribution in [0.15, 0.2) is 29.4 Å². The van der Waals surface area contributed by atoms with Crippen molar-refractivity contribution in [2.75, 3.05) is 0 Å². The third kappa shape index (κ3) is 6.31. The lowest BCUT2D eigenvalue weighted by Crippen LogP contribution is -2.16. The molecule has 12 heteroatoms. The molecule has 6 nitrogen and oxygen atoms in total. The molecule has 0 bridgehead atoms. The van der Waals surface area contributed by atoms with E-state index in [1.54, 1.807) is 31.2 Å². The van der Waals surface area contributed by atoms with Gasteiger partial charge in [0.05, 0.1) is 5.71 Å². The van der Waals surface area contributed by atoms with Crippen LogP contribution in [0.1, 0.15) is 31.1 Å². The molecule has 2 aromatic rings. The quantitative estimate of drug-likeness (QED) is 0.246. The van der Waals surface area contributed by atoms with Gasteiger partial charge in [-0.2, -0.15) is 0 Å². The summed E-state index contributed by atoms with van der Waals surface area (Å²) < 4.78 is -3.87. The van der Waals surface area contributed by atoms with Crippen LogP contribution in [0, 0.1) is 0 Å². The zero-order valence-electron chi connectivity index (χ0n) is 13.7. The fourth-order valence-electron chi connectivity index (χ4n) is 1.80. The third-order valence-electron chi connectivity index (χ3n) is 3.01. The first-order chi connectivity index (χ1) is 12.4. The van der Waals surface area contributed by atoms with E-state index >= 15 is 0 Å². The second-order valence-electron chi connectivity index (χ2n) is 5.14. The summed E-state index contributed by atoms with van der Waals surface area (Å²) in [6.45, 7) is 2.94. The molecular formula is C15H10Cl6N4O2. The highest BCUT2D eigenvalue weighted by Gasteiger charge is 2.34. The summed E-state index contributed by atoms with van der Waals surface area (Å²) >= 11 is 35.2. The molecule has 0 atom stereocenters. The van der Waals surface area contributed by atoms with Crippen LogP contribution in [0.2, 0.25) is 0 Å². The first-order valence-electron chi connectivity index (χ1n) is 7.11. The summed E-state index contributed by atoms with van der Waals surface area (Å²) in [6, 6.07) is 6.79. The van der Waals surface area contributed by atoms with Gasteiger partial charge in [0.15, 0.2) is 17.5 Å². The number of oxime groups is 1. The number of nitrogens with zero attached hydrogens (tertiary/aromatic N) is 4. The molecule has 1 aromatic carbocycles. The average molecular weight is 491 g/mol. The molecule has 0 saturated heterocycles. The molecule has 0 spiro atoms. The maximum Gasteiger partial charge on any atom is 0.331 e. The summed E-state index contributed by atoms with van der Waals surface area (Å²) in [5, 5.41) is 3.71. The van der Waals surface area contributed by atoms with Crippen molar-refractivity contribution in [2.45, 2.75) is 21.4 Å². The fraction of sp³-hybridized carbons (Fsp3) is 0.267. The summed E-state index contributed by atoms with van der Waals surface area (Å²) in [4.78, 5) is 27.6. The summed E-state index contributed by atoms with van der Waals surface area (Å²) in [5.74, 6) is -0.741. The Balaban J connectivity index is 2.46. The van der Waals surface area contributed by atoms with E-state index in [-0.39, 0.29) is 17.5 Å². The van der Waals surface area contributed by atoms with Crippen molar-refractivity contribution in [2.24, 2.45) is 5.16 Å². The number of aromatic nitrogens is 3. The summed E-state index contributed by atoms with van der Waals surface area (Å²) in [6.07, 6.45) is 0. The Hall–Kier alpha value is -0.890. The predicted octanol–water partition coefficient (Wildman–Crippen LogP) is 5.48. The number of benzene rings is 1. The molecule has 1 aromatic heterocycles. The van der Waals surface area contributed by atoms with Crippen LogP contribution >= 0.6 is 69.6 Å². The average Bonchev–Trinajstić information content (AvgIpc) is 2.58. The number of carbonyl (C=O) groups excluding carboxylic acids is 1. The van der Waals surface area contributed by atoms with E-state index in [9.17, 15) is 4.79 Å². The molecule has 0 saturated carbocycles. The van der Waals surface area contributed by atoms with Gasteiger partial charge in [-0.15, -0.1) is 0 Å². The van der Waals surface area contributed by atoms with Crippen LogP contribution in [0.4, 0.5) is 0 Å². The number of rotatable bonds is 3. The van der Waals surface area contributed by atoms with Gasteiger partial charge in [0.1, 0.15) is 0 Å². The molecule has 0 radical (unpaired) electrons. The summed E-state index contributed by atoms with van der Waals surface area (Å²) in [7, 11) is 0. The molecule has 0 N–H and O–H groups in total. The first-order valence-corrected chi connectivity index (χ1v) is 9.38. The van der Waals surface area contributed by atoms with E-state index in [0.29, 0.717) is 16.8 Å². The van der Waals surface area contributed by atoms with Gasteiger partial charge in [0, 0.05) is 12.5 Å². The Morgan fingerprint density at radius 2 is 1.37 bits per heavy atom. The summed E-state index contributed by atoms with van der Waals surface area (Å²) in [5.41, 5.74) is 1.75. The first kappa shape index (κ1) is 22.4. The van der Waals surface area contributed by atoms with Gasteiger partial charge in [-0.05, 0) is 12.5 Å². The number of halogens is 6. The largest absolute Gasteiger partial charge is 0.331 e. The minimum atomic E-state index is -1.93. The van der Waals surface area contributed by atoms with Crippen LogP contribution < -0.4 is 0 Å². The topological polar surface area (TPSA) is 77.3 Å². The Morgan fingerprint density at radius 1 is 0.889 bits per heavy atom. The zero-order valence-corrected chi connectivity index (χ0v) is 18.2. The van der Waals surface area contributed by atoms with E-state index in [1.165, 1.54) is 6.92 Å². The van der Waals surface area contributed by atoms with Crippen LogP contribution in [0.3, 0.4) is 0 Å². The molecule has 0 unspecified atom stereocenters. The molecular weight excluding hydrogens is 481 g/mol. The standard InChI is InChI=1S/C15H10Cl6N4O2/c1-7(25-27-8(2)26)9-3-5-10(6-4-9)11-22-12(14(16,17)18)24-13(23-11)15(19,20)21/h3-6H,1-2H3/b25-7-. The third-order valence-corrected chi connectivity index (χ3v) is 4.03. The van der Waals surface area contributed by atoms with Gasteiger partial charge >= 0.3 is 5.97 Å². The predicted molar refractivity (Wildman–Crippen MR) is 108 cm³/mol. The van der Waals surface area contributed by atoms with Gasteiger partial charge in [0.2, 0.25) is 7.59 Å². The van der Waals surface area contributed by atoms with Crippen molar-refractivity contribution in [1.29, 1.82) is 0 Å². The highest BCUT2D eigenvalue weighted by Crippen LogP contribution is 2.40. The molecule has 27 heavy (non-hydrogen) atoms. The van der Waals surface area contributed by atoms with E-state index in [1.807, 2.05) is 0 Å². The molecule has 2 rings (SSSR count). The maximum atomic E-state index is 10.8. The van der Waals surface area contributed by atoms with Gasteiger partial charge in [-0.1, -0.05) is 99.0 Å². The zero-order chi connectivity index (χ0) is 20.4. The Bertz CT molecular complexity index is 843.